The maximum atomic E-state index is 5.36. The number of ether oxygens (including phenoxy) is 1. The van der Waals surface area contributed by atoms with Gasteiger partial charge in [-0.3, -0.25) is 0 Å². The average molecular weight is 245 g/mol. The number of rotatable bonds is 5. The molecule has 84 valence electrons. The van der Waals surface area contributed by atoms with Crippen LogP contribution in [-0.4, -0.2) is 16.4 Å². The van der Waals surface area contributed by atoms with Gasteiger partial charge >= 0.3 is 0 Å². The molecular formula is C10H15NO2S2. The molecule has 0 radical (unpaired) electrons. The zero-order valence-electron chi connectivity index (χ0n) is 8.86. The third-order valence-electron chi connectivity index (χ3n) is 1.66. The molecule has 1 heterocycles. The van der Waals surface area contributed by atoms with Gasteiger partial charge in [-0.15, -0.1) is 0 Å². The molecule has 1 atom stereocenters. The highest BCUT2D eigenvalue weighted by molar-refractivity contribution is 8.23. The second-order valence-electron chi connectivity index (χ2n) is 2.86. The summed E-state index contributed by atoms with van der Waals surface area (Å²) >= 11 is 6.65. The molecular weight excluding hydrogens is 230 g/mol. The molecule has 0 aliphatic carbocycles. The summed E-state index contributed by atoms with van der Waals surface area (Å²) in [6, 6.07) is 3.77. The van der Waals surface area contributed by atoms with E-state index < -0.39 is 0 Å². The topological polar surface area (TPSA) is 34.4 Å². The Morgan fingerprint density at radius 3 is 3.13 bits per heavy atom. The van der Waals surface area contributed by atoms with Gasteiger partial charge in [0.25, 0.3) is 0 Å². The van der Waals surface area contributed by atoms with Crippen LogP contribution in [0.1, 0.15) is 19.6 Å². The standard InChI is InChI=1S/C10H15NO2S2/c1-3-12-8(2)15-10(14)11-7-9-5-4-6-13-9/h4-6,8H,3,7H2,1-2H3,(H,11,14)/t8-/m0/s1. The summed E-state index contributed by atoms with van der Waals surface area (Å²) in [4.78, 5) is 0. The molecule has 0 aliphatic heterocycles. The molecule has 1 aromatic rings. The van der Waals surface area contributed by atoms with Crippen LogP contribution >= 0.6 is 24.0 Å². The molecule has 1 N–H and O–H groups in total. The first kappa shape index (κ1) is 12.5. The van der Waals surface area contributed by atoms with E-state index in [1.165, 1.54) is 11.8 Å². The molecule has 0 bridgehead atoms. The van der Waals surface area contributed by atoms with Gasteiger partial charge in [0, 0.05) is 6.61 Å². The Morgan fingerprint density at radius 2 is 2.53 bits per heavy atom. The van der Waals surface area contributed by atoms with Gasteiger partial charge in [-0.25, -0.2) is 0 Å². The summed E-state index contributed by atoms with van der Waals surface area (Å²) in [5, 5.41) is 3.10. The molecule has 1 aromatic heterocycles. The molecule has 0 amide bonds. The van der Waals surface area contributed by atoms with E-state index in [0.29, 0.717) is 13.2 Å². The lowest BCUT2D eigenvalue weighted by atomic mass is 10.4. The molecule has 0 spiro atoms. The minimum atomic E-state index is 0.0894. The van der Waals surface area contributed by atoms with Crippen LogP contribution < -0.4 is 5.32 Å². The van der Waals surface area contributed by atoms with E-state index in [4.69, 9.17) is 21.4 Å². The van der Waals surface area contributed by atoms with Crippen LogP contribution in [0.4, 0.5) is 0 Å². The molecule has 1 rings (SSSR count). The molecule has 0 aromatic carbocycles. The third kappa shape index (κ3) is 5.20. The zero-order valence-corrected chi connectivity index (χ0v) is 10.5. The molecule has 5 heteroatoms. The second-order valence-corrected chi connectivity index (χ2v) is 4.84. The van der Waals surface area contributed by atoms with Crippen molar-refractivity contribution >= 4 is 28.3 Å². The van der Waals surface area contributed by atoms with Crippen LogP contribution in [0.15, 0.2) is 22.8 Å². The number of hydrogen-bond donors (Lipinski definition) is 1. The van der Waals surface area contributed by atoms with Crippen molar-refractivity contribution in [3.8, 4) is 0 Å². The first-order chi connectivity index (χ1) is 7.22. The van der Waals surface area contributed by atoms with Crippen LogP contribution in [0.25, 0.3) is 0 Å². The molecule has 3 nitrogen and oxygen atoms in total. The third-order valence-corrected chi connectivity index (χ3v) is 2.92. The smallest absolute Gasteiger partial charge is 0.136 e. The fourth-order valence-corrected chi connectivity index (χ4v) is 2.17. The van der Waals surface area contributed by atoms with Crippen molar-refractivity contribution in [2.24, 2.45) is 0 Å². The molecule has 0 aliphatic rings. The van der Waals surface area contributed by atoms with E-state index in [-0.39, 0.29) is 5.44 Å². The van der Waals surface area contributed by atoms with Crippen LogP contribution in [0.3, 0.4) is 0 Å². The average Bonchev–Trinajstić information content (AvgIpc) is 2.67. The first-order valence-corrected chi connectivity index (χ1v) is 6.09. The summed E-state index contributed by atoms with van der Waals surface area (Å²) in [6.45, 7) is 5.28. The Labute approximate surface area is 99.6 Å². The zero-order chi connectivity index (χ0) is 11.1. The predicted octanol–water partition coefficient (Wildman–Crippen LogP) is 2.77. The number of thiocarbonyl (C=S) groups is 1. The summed E-state index contributed by atoms with van der Waals surface area (Å²) < 4.78 is 11.3. The Bertz CT molecular complexity index is 288. The molecule has 0 unspecified atom stereocenters. The van der Waals surface area contributed by atoms with Gasteiger partial charge in [0.05, 0.1) is 12.8 Å². The lowest BCUT2D eigenvalue weighted by Crippen LogP contribution is -2.20. The van der Waals surface area contributed by atoms with E-state index in [2.05, 4.69) is 5.32 Å². The number of thioether (sulfide) groups is 1. The number of nitrogens with one attached hydrogen (secondary N) is 1. The van der Waals surface area contributed by atoms with Crippen molar-refractivity contribution in [2.75, 3.05) is 6.61 Å². The summed E-state index contributed by atoms with van der Waals surface area (Å²) in [5.74, 6) is 0.877. The Balaban J connectivity index is 2.19. The van der Waals surface area contributed by atoms with Gasteiger partial charge in [-0.2, -0.15) is 0 Å². The minimum Gasteiger partial charge on any atom is -0.467 e. The van der Waals surface area contributed by atoms with Crippen LogP contribution in [0.2, 0.25) is 0 Å². The van der Waals surface area contributed by atoms with Crippen molar-refractivity contribution in [1.29, 1.82) is 0 Å². The van der Waals surface area contributed by atoms with E-state index in [1.54, 1.807) is 6.26 Å². The number of furan rings is 1. The quantitative estimate of drug-likeness (QED) is 0.637. The normalized spacial score (nSPS) is 12.4. The summed E-state index contributed by atoms with van der Waals surface area (Å²) in [7, 11) is 0. The van der Waals surface area contributed by atoms with Crippen molar-refractivity contribution in [3.63, 3.8) is 0 Å². The van der Waals surface area contributed by atoms with Crippen molar-refractivity contribution in [3.05, 3.63) is 24.2 Å². The van der Waals surface area contributed by atoms with Gasteiger partial charge < -0.3 is 14.5 Å². The lowest BCUT2D eigenvalue weighted by Gasteiger charge is -2.12. The monoisotopic (exact) mass is 245 g/mol. The minimum absolute atomic E-state index is 0.0894. The highest BCUT2D eigenvalue weighted by Gasteiger charge is 2.06. The van der Waals surface area contributed by atoms with Crippen LogP contribution in [0, 0.1) is 0 Å². The highest BCUT2D eigenvalue weighted by Crippen LogP contribution is 2.13. The largest absolute Gasteiger partial charge is 0.467 e. The van der Waals surface area contributed by atoms with E-state index in [0.717, 1.165) is 10.1 Å². The predicted molar refractivity (Wildman–Crippen MR) is 66.8 cm³/mol. The van der Waals surface area contributed by atoms with Crippen molar-refractivity contribution < 1.29 is 9.15 Å². The highest BCUT2D eigenvalue weighted by atomic mass is 32.2. The van der Waals surface area contributed by atoms with E-state index in [1.807, 2.05) is 26.0 Å². The summed E-state index contributed by atoms with van der Waals surface area (Å²) in [5.41, 5.74) is 0.0894. The maximum absolute atomic E-state index is 5.36. The Hall–Kier alpha value is -0.520. The van der Waals surface area contributed by atoms with Crippen LogP contribution in [0.5, 0.6) is 0 Å². The van der Waals surface area contributed by atoms with Gasteiger partial charge in [0.15, 0.2) is 0 Å². The summed E-state index contributed by atoms with van der Waals surface area (Å²) in [6.07, 6.45) is 1.65. The fraction of sp³-hybridized carbons (Fsp3) is 0.500. The van der Waals surface area contributed by atoms with Gasteiger partial charge in [0.1, 0.15) is 15.5 Å². The maximum Gasteiger partial charge on any atom is 0.136 e. The molecule has 0 saturated carbocycles. The Morgan fingerprint density at radius 1 is 1.73 bits per heavy atom. The van der Waals surface area contributed by atoms with Crippen molar-refractivity contribution in [1.82, 2.24) is 5.32 Å². The van der Waals surface area contributed by atoms with Gasteiger partial charge in [0.2, 0.25) is 0 Å². The second kappa shape index (κ2) is 6.87. The van der Waals surface area contributed by atoms with Crippen molar-refractivity contribution in [2.45, 2.75) is 25.8 Å². The number of hydrogen-bond acceptors (Lipinski definition) is 4. The Kier molecular flexibility index (Phi) is 5.75. The van der Waals surface area contributed by atoms with Gasteiger partial charge in [-0.1, -0.05) is 24.0 Å². The first-order valence-electron chi connectivity index (χ1n) is 4.81. The van der Waals surface area contributed by atoms with Crippen LogP contribution in [-0.2, 0) is 11.3 Å². The molecule has 0 fully saturated rings. The van der Waals surface area contributed by atoms with Gasteiger partial charge in [-0.05, 0) is 26.0 Å². The van der Waals surface area contributed by atoms with E-state index >= 15 is 0 Å². The van der Waals surface area contributed by atoms with E-state index in [9.17, 15) is 0 Å². The molecule has 0 saturated heterocycles. The molecule has 15 heavy (non-hydrogen) atoms. The lowest BCUT2D eigenvalue weighted by molar-refractivity contribution is 0.138. The fourth-order valence-electron chi connectivity index (χ4n) is 1.03. The SMILES string of the molecule is CCO[C@H](C)SC(=S)NCc1ccco1.